The minimum absolute atomic E-state index is 0.166. The smallest absolute Gasteiger partial charge is 0.274 e. The molecule has 0 aliphatic carbocycles. The van der Waals surface area contributed by atoms with E-state index in [-0.39, 0.29) is 5.91 Å². The van der Waals surface area contributed by atoms with Crippen LogP contribution in [0.15, 0.2) is 24.5 Å². The van der Waals surface area contributed by atoms with Gasteiger partial charge in [-0.15, -0.1) is 10.2 Å². The number of hydrogen-bond acceptors (Lipinski definition) is 5. The Morgan fingerprint density at radius 2 is 2.25 bits per heavy atom. The summed E-state index contributed by atoms with van der Waals surface area (Å²) in [5, 5.41) is 17.6. The molecule has 0 unspecified atom stereocenters. The number of carbonyl (C=O) groups excluding carboxylic acids is 1. The number of hydrogen-bond donors (Lipinski definition) is 2. The molecule has 2 N–H and O–H groups in total. The Balaban J connectivity index is 1.97. The Morgan fingerprint density at radius 3 is 2.85 bits per heavy atom. The van der Waals surface area contributed by atoms with Crippen molar-refractivity contribution < 1.29 is 4.79 Å². The van der Waals surface area contributed by atoms with E-state index in [9.17, 15) is 4.79 Å². The monoisotopic (exact) mass is 274 g/mol. The predicted octanol–water partition coefficient (Wildman–Crippen LogP) is 1.29. The molecule has 0 bridgehead atoms. The fourth-order valence-corrected chi connectivity index (χ4v) is 1.70. The van der Waals surface area contributed by atoms with Gasteiger partial charge >= 0.3 is 0 Å². The summed E-state index contributed by atoms with van der Waals surface area (Å²) in [4.78, 5) is 13.7. The van der Waals surface area contributed by atoms with E-state index in [4.69, 9.17) is 0 Å². The highest BCUT2D eigenvalue weighted by Gasteiger charge is 2.14. The van der Waals surface area contributed by atoms with Crippen molar-refractivity contribution in [3.63, 3.8) is 0 Å². The molecule has 106 valence electrons. The molecule has 0 atom stereocenters. The third kappa shape index (κ3) is 3.53. The lowest BCUT2D eigenvalue weighted by atomic mass is 10.3. The van der Waals surface area contributed by atoms with Crippen molar-refractivity contribution in [2.24, 2.45) is 0 Å². The summed E-state index contributed by atoms with van der Waals surface area (Å²) in [5.74, 6) is 0.515. The molecule has 0 saturated heterocycles. The molecule has 1 amide bonds. The number of nitrogens with one attached hydrogen (secondary N) is 2. The van der Waals surface area contributed by atoms with Crippen molar-refractivity contribution in [1.29, 1.82) is 0 Å². The van der Waals surface area contributed by atoms with Crippen molar-refractivity contribution in [2.75, 3.05) is 18.9 Å². The third-order valence-electron chi connectivity index (χ3n) is 2.76. The van der Waals surface area contributed by atoms with E-state index in [0.29, 0.717) is 18.1 Å². The summed E-state index contributed by atoms with van der Waals surface area (Å²) in [6.07, 6.45) is 4.45. The van der Waals surface area contributed by atoms with Gasteiger partial charge in [-0.25, -0.2) is 0 Å². The van der Waals surface area contributed by atoms with Crippen LogP contribution in [0.5, 0.6) is 0 Å². The Hall–Kier alpha value is -2.44. The van der Waals surface area contributed by atoms with Crippen LogP contribution in [0.3, 0.4) is 0 Å². The summed E-state index contributed by atoms with van der Waals surface area (Å²) >= 11 is 0. The summed E-state index contributed by atoms with van der Waals surface area (Å²) in [6.45, 7) is 3.39. The molecule has 0 fully saturated rings. The lowest BCUT2D eigenvalue weighted by molar-refractivity contribution is 0.0778. The van der Waals surface area contributed by atoms with Crippen LogP contribution >= 0.6 is 0 Å². The first-order valence-electron chi connectivity index (χ1n) is 6.51. The van der Waals surface area contributed by atoms with Crippen molar-refractivity contribution in [2.45, 2.75) is 19.9 Å². The normalized spacial score (nSPS) is 10.3. The van der Waals surface area contributed by atoms with E-state index in [1.54, 1.807) is 36.5 Å². The van der Waals surface area contributed by atoms with Gasteiger partial charge in [-0.3, -0.25) is 9.89 Å². The summed E-state index contributed by atoms with van der Waals surface area (Å²) in [5.41, 5.74) is 1.27. The quantitative estimate of drug-likeness (QED) is 0.829. The van der Waals surface area contributed by atoms with Gasteiger partial charge in [-0.05, 0) is 18.6 Å². The first-order chi connectivity index (χ1) is 9.70. The Morgan fingerprint density at radius 1 is 1.40 bits per heavy atom. The number of aromatic nitrogens is 4. The zero-order valence-electron chi connectivity index (χ0n) is 11.6. The van der Waals surface area contributed by atoms with Crippen molar-refractivity contribution in [1.82, 2.24) is 25.3 Å². The van der Waals surface area contributed by atoms with Crippen molar-refractivity contribution >= 4 is 11.7 Å². The molecule has 2 rings (SSSR count). The SMILES string of the molecule is CCCNc1ccc(C(=O)N(C)Cc2cn[nH]c2)nn1. The van der Waals surface area contributed by atoms with Gasteiger partial charge in [-0.2, -0.15) is 5.10 Å². The highest BCUT2D eigenvalue weighted by molar-refractivity contribution is 5.92. The zero-order valence-corrected chi connectivity index (χ0v) is 11.6. The van der Waals surface area contributed by atoms with Crippen LogP contribution in [0.1, 0.15) is 29.4 Å². The lowest BCUT2D eigenvalue weighted by Gasteiger charge is -2.15. The molecule has 0 aliphatic heterocycles. The van der Waals surface area contributed by atoms with Gasteiger partial charge in [0.05, 0.1) is 6.20 Å². The van der Waals surface area contributed by atoms with E-state index in [1.807, 2.05) is 0 Å². The number of aromatic amines is 1. The van der Waals surface area contributed by atoms with Crippen molar-refractivity contribution in [3.05, 3.63) is 35.8 Å². The van der Waals surface area contributed by atoms with E-state index < -0.39 is 0 Å². The van der Waals surface area contributed by atoms with Crippen LogP contribution < -0.4 is 5.32 Å². The van der Waals surface area contributed by atoms with Crippen molar-refractivity contribution in [3.8, 4) is 0 Å². The fourth-order valence-electron chi connectivity index (χ4n) is 1.70. The maximum atomic E-state index is 12.2. The second-order valence-corrected chi connectivity index (χ2v) is 4.50. The second-order valence-electron chi connectivity index (χ2n) is 4.50. The van der Waals surface area contributed by atoms with Crippen LogP contribution in [0.4, 0.5) is 5.82 Å². The summed E-state index contributed by atoms with van der Waals surface area (Å²) in [7, 11) is 1.72. The molecule has 2 heterocycles. The lowest BCUT2D eigenvalue weighted by Crippen LogP contribution is -2.27. The topological polar surface area (TPSA) is 86.8 Å². The van der Waals surface area contributed by atoms with Gasteiger partial charge in [0, 0.05) is 31.9 Å². The second kappa shape index (κ2) is 6.65. The number of amides is 1. The predicted molar refractivity (Wildman–Crippen MR) is 75.2 cm³/mol. The molecular formula is C13H18N6O. The van der Waals surface area contributed by atoms with E-state index >= 15 is 0 Å². The molecular weight excluding hydrogens is 256 g/mol. The van der Waals surface area contributed by atoms with E-state index in [0.717, 1.165) is 18.5 Å². The first-order valence-corrected chi connectivity index (χ1v) is 6.51. The largest absolute Gasteiger partial charge is 0.369 e. The Kier molecular flexibility index (Phi) is 4.65. The molecule has 0 aromatic carbocycles. The minimum Gasteiger partial charge on any atom is -0.369 e. The molecule has 0 saturated carbocycles. The minimum atomic E-state index is -0.166. The number of anilines is 1. The first kappa shape index (κ1) is 14.0. The van der Waals surface area contributed by atoms with E-state index in [2.05, 4.69) is 32.6 Å². The zero-order chi connectivity index (χ0) is 14.4. The van der Waals surface area contributed by atoms with Crippen LogP contribution in [-0.2, 0) is 6.54 Å². The number of H-pyrrole nitrogens is 1. The van der Waals surface area contributed by atoms with Gasteiger partial charge in [-0.1, -0.05) is 6.92 Å². The van der Waals surface area contributed by atoms with Gasteiger partial charge in [0.1, 0.15) is 5.82 Å². The number of rotatable bonds is 6. The van der Waals surface area contributed by atoms with Gasteiger partial charge in [0.15, 0.2) is 5.69 Å². The summed E-state index contributed by atoms with van der Waals surface area (Å²) in [6, 6.07) is 3.45. The third-order valence-corrected chi connectivity index (χ3v) is 2.76. The Bertz CT molecular complexity index is 536. The molecule has 7 nitrogen and oxygen atoms in total. The maximum Gasteiger partial charge on any atom is 0.274 e. The highest BCUT2D eigenvalue weighted by Crippen LogP contribution is 2.07. The van der Waals surface area contributed by atoms with Gasteiger partial charge in [0.25, 0.3) is 5.91 Å². The average Bonchev–Trinajstić information content (AvgIpc) is 2.97. The Labute approximate surface area is 117 Å². The van der Waals surface area contributed by atoms with Crippen LogP contribution in [-0.4, -0.2) is 44.8 Å². The van der Waals surface area contributed by atoms with Gasteiger partial charge in [0.2, 0.25) is 0 Å². The van der Waals surface area contributed by atoms with Gasteiger partial charge < -0.3 is 10.2 Å². The van der Waals surface area contributed by atoms with Crippen LogP contribution in [0, 0.1) is 0 Å². The number of nitrogens with zero attached hydrogens (tertiary/aromatic N) is 4. The maximum absolute atomic E-state index is 12.2. The highest BCUT2D eigenvalue weighted by atomic mass is 16.2. The molecule has 0 radical (unpaired) electrons. The van der Waals surface area contributed by atoms with Crippen LogP contribution in [0.2, 0.25) is 0 Å². The molecule has 2 aromatic heterocycles. The molecule has 7 heteroatoms. The van der Waals surface area contributed by atoms with Crippen LogP contribution in [0.25, 0.3) is 0 Å². The molecule has 20 heavy (non-hydrogen) atoms. The molecule has 0 spiro atoms. The number of carbonyl (C=O) groups is 1. The summed E-state index contributed by atoms with van der Waals surface area (Å²) < 4.78 is 0. The van der Waals surface area contributed by atoms with E-state index in [1.165, 1.54) is 0 Å². The molecule has 0 aliphatic rings. The molecule has 2 aromatic rings. The fraction of sp³-hybridized carbons (Fsp3) is 0.385. The standard InChI is InChI=1S/C13H18N6O/c1-3-6-14-12-5-4-11(17-18-12)13(20)19(2)9-10-7-15-16-8-10/h4-5,7-8H,3,6,9H2,1-2H3,(H,14,18)(H,15,16). The average molecular weight is 274 g/mol.